The highest BCUT2D eigenvalue weighted by Crippen LogP contribution is 2.26. The quantitative estimate of drug-likeness (QED) is 0.172. The number of hydrogen-bond donors (Lipinski definition) is 0. The summed E-state index contributed by atoms with van der Waals surface area (Å²) in [6, 6.07) is 7.79. The van der Waals surface area contributed by atoms with Crippen LogP contribution in [0.4, 0.5) is 8.78 Å². The minimum absolute atomic E-state index is 0.0545. The van der Waals surface area contributed by atoms with Crippen LogP contribution in [0.2, 0.25) is 0 Å². The van der Waals surface area contributed by atoms with Crippen LogP contribution >= 0.6 is 23.4 Å². The number of benzene rings is 1. The molecule has 0 amide bonds. The summed E-state index contributed by atoms with van der Waals surface area (Å²) in [4.78, 5) is 24.7. The summed E-state index contributed by atoms with van der Waals surface area (Å²) in [5, 5.41) is 4.12. The van der Waals surface area contributed by atoms with E-state index in [0.29, 0.717) is 16.2 Å². The summed E-state index contributed by atoms with van der Waals surface area (Å²) in [5.41, 5.74) is 0.404. The maximum absolute atomic E-state index is 13.2. The van der Waals surface area contributed by atoms with Gasteiger partial charge in [0.05, 0.1) is 7.11 Å². The molecule has 1 heterocycles. The Hall–Kier alpha value is -2.72. The molecule has 2 rings (SSSR count). The van der Waals surface area contributed by atoms with Crippen LogP contribution in [0.25, 0.3) is 0 Å². The molecule has 2 aromatic rings. The summed E-state index contributed by atoms with van der Waals surface area (Å²) in [5.74, 6) is -0.501. The van der Waals surface area contributed by atoms with Crippen LogP contribution in [0.5, 0.6) is 5.88 Å². The molecule has 160 valence electrons. The summed E-state index contributed by atoms with van der Waals surface area (Å²) in [6.07, 6.45) is -2.80. The number of alkyl halides is 2. The number of oxime groups is 1. The van der Waals surface area contributed by atoms with Gasteiger partial charge in [-0.2, -0.15) is 4.98 Å². The Balaban J connectivity index is 2.30. The van der Waals surface area contributed by atoms with Gasteiger partial charge in [-0.05, 0) is 5.56 Å². The smallest absolute Gasteiger partial charge is 0.360 e. The van der Waals surface area contributed by atoms with Gasteiger partial charge in [-0.25, -0.2) is 18.6 Å². The van der Waals surface area contributed by atoms with E-state index in [0.717, 1.165) is 17.8 Å². The van der Waals surface area contributed by atoms with Crippen LogP contribution in [-0.2, 0) is 21.0 Å². The molecule has 0 bridgehead atoms. The second-order valence-electron chi connectivity index (χ2n) is 5.58. The molecule has 11 heteroatoms. The summed E-state index contributed by atoms with van der Waals surface area (Å²) in [7, 11) is 2.51. The molecule has 0 spiro atoms. The lowest BCUT2D eigenvalue weighted by Gasteiger charge is -2.12. The molecule has 0 aliphatic rings. The van der Waals surface area contributed by atoms with Crippen molar-refractivity contribution >= 4 is 35.0 Å². The molecule has 0 N–H and O–H groups in total. The van der Waals surface area contributed by atoms with Gasteiger partial charge in [0.1, 0.15) is 19.4 Å². The molecule has 0 unspecified atom stereocenters. The number of carbonyl (C=O) groups excluding carboxylic acids is 1. The van der Waals surface area contributed by atoms with Crippen molar-refractivity contribution in [2.75, 3.05) is 20.0 Å². The lowest BCUT2D eigenvalue weighted by atomic mass is 10.0. The second-order valence-corrected chi connectivity index (χ2v) is 7.06. The van der Waals surface area contributed by atoms with E-state index in [1.807, 2.05) is 0 Å². The Kier molecular flexibility index (Phi) is 9.00. The number of hydrogen-bond acceptors (Lipinski definition) is 8. The highest BCUT2D eigenvalue weighted by atomic mass is 35.5. The van der Waals surface area contributed by atoms with E-state index < -0.39 is 18.1 Å². The Bertz CT molecular complexity index is 944. The van der Waals surface area contributed by atoms with Crippen LogP contribution in [0.3, 0.4) is 0 Å². The van der Waals surface area contributed by atoms with Gasteiger partial charge in [0.2, 0.25) is 5.88 Å². The van der Waals surface area contributed by atoms with Crippen molar-refractivity contribution in [2.24, 2.45) is 5.16 Å². The number of rotatable bonds is 10. The van der Waals surface area contributed by atoms with Gasteiger partial charge in [0.15, 0.2) is 10.9 Å². The molecule has 7 nitrogen and oxygen atoms in total. The first-order chi connectivity index (χ1) is 14.3. The number of carbonyl (C=O) groups is 1. The van der Waals surface area contributed by atoms with Gasteiger partial charge in [-0.15, -0.1) is 0 Å². The Morgan fingerprint density at radius 3 is 2.67 bits per heavy atom. The number of esters is 1. The summed E-state index contributed by atoms with van der Waals surface area (Å²) in [6.45, 7) is 3.46. The van der Waals surface area contributed by atoms with Gasteiger partial charge >= 0.3 is 5.97 Å². The van der Waals surface area contributed by atoms with Crippen molar-refractivity contribution in [1.82, 2.24) is 9.97 Å². The van der Waals surface area contributed by atoms with Crippen molar-refractivity contribution in [3.05, 3.63) is 58.8 Å². The molecule has 1 aromatic carbocycles. The zero-order valence-corrected chi connectivity index (χ0v) is 17.7. The van der Waals surface area contributed by atoms with Crippen LogP contribution < -0.4 is 4.74 Å². The monoisotopic (exact) mass is 457 g/mol. The van der Waals surface area contributed by atoms with Gasteiger partial charge in [0.25, 0.3) is 6.43 Å². The third kappa shape index (κ3) is 6.67. The van der Waals surface area contributed by atoms with E-state index in [2.05, 4.69) is 21.7 Å². The number of halogens is 3. The molecular weight excluding hydrogens is 440 g/mol. The van der Waals surface area contributed by atoms with E-state index in [9.17, 15) is 13.6 Å². The number of methoxy groups -OCH3 is 1. The third-order valence-corrected chi connectivity index (χ3v) is 4.72. The van der Waals surface area contributed by atoms with Gasteiger partial charge in [0, 0.05) is 22.4 Å². The average molecular weight is 458 g/mol. The van der Waals surface area contributed by atoms with Crippen molar-refractivity contribution in [2.45, 2.75) is 18.2 Å². The zero-order chi connectivity index (χ0) is 22.1. The van der Waals surface area contributed by atoms with Gasteiger partial charge in [-0.1, -0.05) is 59.4 Å². The second kappa shape index (κ2) is 11.5. The van der Waals surface area contributed by atoms with E-state index in [4.69, 9.17) is 25.9 Å². The predicted molar refractivity (Wildman–Crippen MR) is 109 cm³/mol. The molecule has 0 saturated heterocycles. The standard InChI is InChI=1S/C19H18ClF2N3O4S/c1-11(20)10-30-19-23-14(17(21)22)8-15(24-19)29-9-12-6-4-5-7-13(12)16(25-28-3)18(26)27-2/h4-8,17H,1,9-10H2,2-3H3/b25-16+. The minimum Gasteiger partial charge on any atom is -0.473 e. The minimum atomic E-state index is -2.80. The van der Waals surface area contributed by atoms with Crippen molar-refractivity contribution < 1.29 is 27.9 Å². The topological polar surface area (TPSA) is 82.9 Å². The fraction of sp³-hybridized carbons (Fsp3) is 0.263. The number of ether oxygens (including phenoxy) is 2. The van der Waals surface area contributed by atoms with Crippen molar-refractivity contribution in [3.63, 3.8) is 0 Å². The molecule has 1 aromatic heterocycles. The normalized spacial score (nSPS) is 11.3. The van der Waals surface area contributed by atoms with Gasteiger partial charge < -0.3 is 14.3 Å². The van der Waals surface area contributed by atoms with Crippen LogP contribution in [0, 0.1) is 0 Å². The first-order valence-corrected chi connectivity index (χ1v) is 9.75. The first kappa shape index (κ1) is 23.6. The molecular formula is C19H18ClF2N3O4S. The van der Waals surface area contributed by atoms with Crippen LogP contribution in [0.15, 0.2) is 52.3 Å². The molecule has 0 radical (unpaired) electrons. The maximum atomic E-state index is 13.2. The van der Waals surface area contributed by atoms with Crippen LogP contribution in [-0.4, -0.2) is 41.6 Å². The predicted octanol–water partition coefficient (Wildman–Crippen LogP) is 4.36. The highest BCUT2D eigenvalue weighted by Gasteiger charge is 2.20. The van der Waals surface area contributed by atoms with E-state index in [-0.39, 0.29) is 29.1 Å². The molecule has 0 aliphatic carbocycles. The third-order valence-electron chi connectivity index (χ3n) is 3.49. The van der Waals surface area contributed by atoms with Gasteiger partial charge in [-0.3, -0.25) is 0 Å². The number of aromatic nitrogens is 2. The lowest BCUT2D eigenvalue weighted by molar-refractivity contribution is -0.132. The maximum Gasteiger partial charge on any atom is 0.360 e. The van der Waals surface area contributed by atoms with Crippen LogP contribution in [0.1, 0.15) is 23.2 Å². The van der Waals surface area contributed by atoms with E-state index in [1.54, 1.807) is 24.3 Å². The van der Waals surface area contributed by atoms with Crippen molar-refractivity contribution in [3.8, 4) is 5.88 Å². The zero-order valence-electron chi connectivity index (χ0n) is 16.1. The van der Waals surface area contributed by atoms with Crippen molar-refractivity contribution in [1.29, 1.82) is 0 Å². The highest BCUT2D eigenvalue weighted by molar-refractivity contribution is 7.99. The summed E-state index contributed by atoms with van der Waals surface area (Å²) >= 11 is 6.77. The number of thioether (sulfide) groups is 1. The fourth-order valence-electron chi connectivity index (χ4n) is 2.23. The average Bonchev–Trinajstić information content (AvgIpc) is 2.74. The largest absolute Gasteiger partial charge is 0.473 e. The Labute approximate surface area is 181 Å². The fourth-order valence-corrected chi connectivity index (χ4v) is 3.00. The van der Waals surface area contributed by atoms with E-state index in [1.165, 1.54) is 14.2 Å². The first-order valence-electron chi connectivity index (χ1n) is 8.39. The Morgan fingerprint density at radius 1 is 1.30 bits per heavy atom. The number of nitrogens with zero attached hydrogens (tertiary/aromatic N) is 3. The Morgan fingerprint density at radius 2 is 2.03 bits per heavy atom. The molecule has 0 saturated carbocycles. The van der Waals surface area contributed by atoms with E-state index >= 15 is 0 Å². The molecule has 0 atom stereocenters. The molecule has 0 fully saturated rings. The SMILES string of the molecule is C=C(Cl)CSc1nc(OCc2ccccc2/C(=N\OC)C(=O)OC)cc(C(F)F)n1. The summed E-state index contributed by atoms with van der Waals surface area (Å²) < 4.78 is 36.7. The molecule has 30 heavy (non-hydrogen) atoms. The molecule has 0 aliphatic heterocycles. The lowest BCUT2D eigenvalue weighted by Crippen LogP contribution is -2.20.